The molecule has 3 nitrogen and oxygen atoms in total. The molecule has 12 heavy (non-hydrogen) atoms. The van der Waals surface area contributed by atoms with Crippen molar-refractivity contribution in [2.45, 2.75) is 25.8 Å². The number of nitrogens with one attached hydrogen (secondary N) is 1. The highest BCUT2D eigenvalue weighted by atomic mass is 15.1. The van der Waals surface area contributed by atoms with E-state index in [1.165, 1.54) is 25.9 Å². The van der Waals surface area contributed by atoms with Crippen molar-refractivity contribution in [2.75, 3.05) is 26.2 Å². The van der Waals surface area contributed by atoms with E-state index in [4.69, 9.17) is 5.26 Å². The van der Waals surface area contributed by atoms with Gasteiger partial charge in [-0.25, -0.2) is 0 Å². The molecule has 1 saturated heterocycles. The van der Waals surface area contributed by atoms with Gasteiger partial charge >= 0.3 is 0 Å². The van der Waals surface area contributed by atoms with Crippen LogP contribution in [0.3, 0.4) is 0 Å². The minimum atomic E-state index is -0.00685. The number of nitrogens with zero attached hydrogens (tertiary/aromatic N) is 2. The number of likely N-dealkylation sites (tertiary alicyclic amines) is 1. The Kier molecular flexibility index (Phi) is 4.06. The molecule has 0 saturated carbocycles. The molecule has 1 aliphatic heterocycles. The van der Waals surface area contributed by atoms with Gasteiger partial charge in [0.25, 0.3) is 0 Å². The summed E-state index contributed by atoms with van der Waals surface area (Å²) in [6.07, 6.45) is 2.68. The minimum Gasteiger partial charge on any atom is -0.302 e. The molecule has 3 heteroatoms. The highest BCUT2D eigenvalue weighted by Gasteiger charge is 2.10. The van der Waals surface area contributed by atoms with Crippen molar-refractivity contribution in [1.82, 2.24) is 10.2 Å². The van der Waals surface area contributed by atoms with E-state index in [-0.39, 0.29) is 6.04 Å². The van der Waals surface area contributed by atoms with Gasteiger partial charge < -0.3 is 10.2 Å². The van der Waals surface area contributed by atoms with Gasteiger partial charge in [-0.15, -0.1) is 0 Å². The second-order valence-electron chi connectivity index (χ2n) is 3.35. The van der Waals surface area contributed by atoms with Crippen molar-refractivity contribution in [3.05, 3.63) is 0 Å². The molecule has 1 rings (SSSR count). The van der Waals surface area contributed by atoms with Crippen LogP contribution in [0, 0.1) is 11.3 Å². The van der Waals surface area contributed by atoms with Crippen molar-refractivity contribution in [1.29, 1.82) is 5.26 Å². The number of nitriles is 1. The highest BCUT2D eigenvalue weighted by Crippen LogP contribution is 2.05. The van der Waals surface area contributed by atoms with E-state index in [0.717, 1.165) is 13.1 Å². The van der Waals surface area contributed by atoms with E-state index in [9.17, 15) is 0 Å². The fourth-order valence-electron chi connectivity index (χ4n) is 1.49. The molecular formula is C9H17N3. The molecule has 0 spiro atoms. The van der Waals surface area contributed by atoms with Crippen LogP contribution in [0.5, 0.6) is 0 Å². The van der Waals surface area contributed by atoms with Crippen LogP contribution in [-0.2, 0) is 0 Å². The fraction of sp³-hybridized carbons (Fsp3) is 0.889. The number of hydrogen-bond acceptors (Lipinski definition) is 3. The van der Waals surface area contributed by atoms with Crippen molar-refractivity contribution in [3.63, 3.8) is 0 Å². The van der Waals surface area contributed by atoms with E-state index >= 15 is 0 Å². The van der Waals surface area contributed by atoms with Gasteiger partial charge in [-0.05, 0) is 32.9 Å². The van der Waals surface area contributed by atoms with Gasteiger partial charge in [-0.2, -0.15) is 5.26 Å². The first-order valence-electron chi connectivity index (χ1n) is 4.68. The lowest BCUT2D eigenvalue weighted by Gasteiger charge is -2.15. The van der Waals surface area contributed by atoms with Crippen LogP contribution in [0.2, 0.25) is 0 Å². The molecule has 0 aromatic heterocycles. The first kappa shape index (κ1) is 9.50. The average molecular weight is 167 g/mol. The molecule has 1 heterocycles. The molecule has 68 valence electrons. The third kappa shape index (κ3) is 3.21. The molecule has 0 bridgehead atoms. The van der Waals surface area contributed by atoms with Crippen LogP contribution in [0.4, 0.5) is 0 Å². The van der Waals surface area contributed by atoms with Crippen molar-refractivity contribution >= 4 is 0 Å². The Morgan fingerprint density at radius 2 is 2.17 bits per heavy atom. The second kappa shape index (κ2) is 5.13. The lowest BCUT2D eigenvalue weighted by molar-refractivity contribution is 0.334. The number of rotatable bonds is 4. The van der Waals surface area contributed by atoms with Gasteiger partial charge in [0.1, 0.15) is 0 Å². The molecule has 1 atom stereocenters. The fourth-order valence-corrected chi connectivity index (χ4v) is 1.49. The Hall–Kier alpha value is -0.590. The largest absolute Gasteiger partial charge is 0.302 e. The lowest BCUT2D eigenvalue weighted by atomic mass is 10.4. The maximum absolute atomic E-state index is 8.50. The van der Waals surface area contributed by atoms with Gasteiger partial charge in [-0.3, -0.25) is 0 Å². The molecule has 1 fully saturated rings. The maximum Gasteiger partial charge on any atom is 0.0924 e. The summed E-state index contributed by atoms with van der Waals surface area (Å²) in [6.45, 7) is 6.40. The molecular weight excluding hydrogens is 150 g/mol. The van der Waals surface area contributed by atoms with Gasteiger partial charge in [0.15, 0.2) is 0 Å². The van der Waals surface area contributed by atoms with Crippen LogP contribution < -0.4 is 5.32 Å². The van der Waals surface area contributed by atoms with Crippen molar-refractivity contribution < 1.29 is 0 Å². The standard InChI is InChI=1S/C9H17N3/c1-9(8-10)11-4-7-12-5-2-3-6-12/h9,11H,2-7H2,1H3. The summed E-state index contributed by atoms with van der Waals surface area (Å²) in [5.41, 5.74) is 0. The summed E-state index contributed by atoms with van der Waals surface area (Å²) in [4.78, 5) is 2.44. The monoisotopic (exact) mass is 167 g/mol. The molecule has 1 unspecified atom stereocenters. The van der Waals surface area contributed by atoms with Gasteiger partial charge in [0.05, 0.1) is 12.1 Å². The van der Waals surface area contributed by atoms with E-state index in [1.807, 2.05) is 6.92 Å². The van der Waals surface area contributed by atoms with E-state index in [0.29, 0.717) is 0 Å². The molecule has 1 N–H and O–H groups in total. The third-order valence-corrected chi connectivity index (χ3v) is 2.27. The maximum atomic E-state index is 8.50. The third-order valence-electron chi connectivity index (χ3n) is 2.27. The Morgan fingerprint density at radius 1 is 1.50 bits per heavy atom. The van der Waals surface area contributed by atoms with Gasteiger partial charge in [0, 0.05) is 13.1 Å². The van der Waals surface area contributed by atoms with Crippen molar-refractivity contribution in [3.8, 4) is 6.07 Å². The predicted molar refractivity (Wildman–Crippen MR) is 48.8 cm³/mol. The van der Waals surface area contributed by atoms with Crippen LogP contribution >= 0.6 is 0 Å². The van der Waals surface area contributed by atoms with E-state index < -0.39 is 0 Å². The highest BCUT2D eigenvalue weighted by molar-refractivity contribution is 4.85. The summed E-state index contributed by atoms with van der Waals surface area (Å²) in [5, 5.41) is 11.7. The summed E-state index contributed by atoms with van der Waals surface area (Å²) in [7, 11) is 0. The topological polar surface area (TPSA) is 39.1 Å². The normalized spacial score (nSPS) is 20.7. The Bertz CT molecular complexity index is 156. The molecule has 1 aliphatic rings. The molecule has 0 aliphatic carbocycles. The molecule has 0 aromatic carbocycles. The first-order valence-corrected chi connectivity index (χ1v) is 4.68. The zero-order chi connectivity index (χ0) is 8.81. The lowest BCUT2D eigenvalue weighted by Crippen LogP contribution is -2.33. The van der Waals surface area contributed by atoms with Crippen molar-refractivity contribution in [2.24, 2.45) is 0 Å². The summed E-state index contributed by atoms with van der Waals surface area (Å²) in [5.74, 6) is 0. The summed E-state index contributed by atoms with van der Waals surface area (Å²) in [6, 6.07) is 2.15. The predicted octanol–water partition coefficient (Wildman–Crippen LogP) is 0.584. The average Bonchev–Trinajstić information content (AvgIpc) is 2.57. The second-order valence-corrected chi connectivity index (χ2v) is 3.35. The Balaban J connectivity index is 1.98. The van der Waals surface area contributed by atoms with Crippen LogP contribution in [0.15, 0.2) is 0 Å². The Labute approximate surface area is 74.4 Å². The molecule has 0 radical (unpaired) electrons. The quantitative estimate of drug-likeness (QED) is 0.666. The SMILES string of the molecule is CC(C#N)NCCN1CCCC1. The minimum absolute atomic E-state index is 0.00685. The van der Waals surface area contributed by atoms with Gasteiger partial charge in [-0.1, -0.05) is 0 Å². The van der Waals surface area contributed by atoms with Gasteiger partial charge in [0.2, 0.25) is 0 Å². The molecule has 0 aromatic rings. The zero-order valence-corrected chi connectivity index (χ0v) is 7.71. The smallest absolute Gasteiger partial charge is 0.0924 e. The molecule has 0 amide bonds. The van der Waals surface area contributed by atoms with E-state index in [2.05, 4.69) is 16.3 Å². The van der Waals surface area contributed by atoms with Crippen LogP contribution in [0.1, 0.15) is 19.8 Å². The number of hydrogen-bond donors (Lipinski definition) is 1. The summed E-state index contributed by atoms with van der Waals surface area (Å²) >= 11 is 0. The summed E-state index contributed by atoms with van der Waals surface area (Å²) < 4.78 is 0. The van der Waals surface area contributed by atoms with Crippen LogP contribution in [-0.4, -0.2) is 37.1 Å². The van der Waals surface area contributed by atoms with Crippen LogP contribution in [0.25, 0.3) is 0 Å². The van der Waals surface area contributed by atoms with E-state index in [1.54, 1.807) is 0 Å². The Morgan fingerprint density at radius 3 is 2.75 bits per heavy atom. The first-order chi connectivity index (χ1) is 5.83. The zero-order valence-electron chi connectivity index (χ0n) is 7.71.